The summed E-state index contributed by atoms with van der Waals surface area (Å²) in [5.74, 6) is -0.184. The highest BCUT2D eigenvalue weighted by Crippen LogP contribution is 2.43. The maximum atomic E-state index is 12.9. The van der Waals surface area contributed by atoms with E-state index in [1.807, 2.05) is 27.2 Å². The molecule has 0 spiro atoms. The van der Waals surface area contributed by atoms with Gasteiger partial charge in [0.1, 0.15) is 13.2 Å². The van der Waals surface area contributed by atoms with Crippen molar-refractivity contribution in [3.63, 3.8) is 0 Å². The summed E-state index contributed by atoms with van der Waals surface area (Å²) < 4.78 is 23.7. The number of aliphatic hydroxyl groups excluding tert-OH is 1. The number of hydrogen-bond acceptors (Lipinski definition) is 5. The molecule has 3 unspecified atom stereocenters. The Morgan fingerprint density at radius 1 is 0.493 bits per heavy atom. The summed E-state index contributed by atoms with van der Waals surface area (Å²) in [6, 6.07) is -0.849. The predicted octanol–water partition coefficient (Wildman–Crippen LogP) is 17.6. The number of likely N-dealkylation sites (N-methyl/N-ethyl adjacent to an activating group) is 1. The summed E-state index contributed by atoms with van der Waals surface area (Å²) >= 11 is 0. The molecule has 0 saturated heterocycles. The van der Waals surface area contributed by atoms with E-state index in [4.69, 9.17) is 9.05 Å². The van der Waals surface area contributed by atoms with Crippen molar-refractivity contribution in [2.75, 3.05) is 40.9 Å². The van der Waals surface area contributed by atoms with E-state index >= 15 is 0 Å². The molecule has 0 radical (unpaired) electrons. The molecule has 0 aliphatic rings. The number of allylic oxidation sites excluding steroid dienone is 3. The van der Waals surface area contributed by atoms with Crippen molar-refractivity contribution in [1.82, 2.24) is 5.32 Å². The summed E-state index contributed by atoms with van der Waals surface area (Å²) in [6.45, 7) is 4.82. The number of carbonyl (C=O) groups is 1. The van der Waals surface area contributed by atoms with Crippen molar-refractivity contribution >= 4 is 13.7 Å². The molecule has 1 amide bonds. The van der Waals surface area contributed by atoms with Crippen molar-refractivity contribution in [3.8, 4) is 0 Å². The molecule has 0 fully saturated rings. The van der Waals surface area contributed by atoms with Gasteiger partial charge in [-0.3, -0.25) is 13.8 Å². The largest absolute Gasteiger partial charge is 0.472 e. The molecule has 0 rings (SSSR count). The first-order valence-corrected chi connectivity index (χ1v) is 30.7. The number of quaternary nitrogens is 1. The van der Waals surface area contributed by atoms with Gasteiger partial charge in [0.2, 0.25) is 5.91 Å². The van der Waals surface area contributed by atoms with Crippen molar-refractivity contribution in [1.29, 1.82) is 0 Å². The Morgan fingerprint density at radius 3 is 1.16 bits per heavy atom. The van der Waals surface area contributed by atoms with Crippen molar-refractivity contribution in [2.24, 2.45) is 0 Å². The number of aliphatic hydroxyl groups is 1. The molecule has 398 valence electrons. The normalized spacial score (nSPS) is 14.1. The van der Waals surface area contributed by atoms with E-state index in [0.717, 1.165) is 51.4 Å². The molecule has 0 bridgehead atoms. The Balaban J connectivity index is 4.03. The fraction of sp³-hybridized carbons (Fsp3) is 0.914. The molecule has 0 aliphatic carbocycles. The zero-order valence-corrected chi connectivity index (χ0v) is 46.3. The minimum atomic E-state index is -4.34. The highest BCUT2D eigenvalue weighted by atomic mass is 31.2. The number of nitrogens with zero attached hydrogens (tertiary/aromatic N) is 1. The number of phosphoric acid groups is 1. The van der Waals surface area contributed by atoms with Gasteiger partial charge in [0.05, 0.1) is 39.9 Å². The minimum Gasteiger partial charge on any atom is -0.387 e. The number of amides is 1. The van der Waals surface area contributed by atoms with E-state index in [1.54, 1.807) is 6.08 Å². The molecule has 8 nitrogen and oxygen atoms in total. The van der Waals surface area contributed by atoms with Gasteiger partial charge in [-0.05, 0) is 44.9 Å². The number of phosphoric ester groups is 1. The highest BCUT2D eigenvalue weighted by Gasteiger charge is 2.27. The Morgan fingerprint density at radius 2 is 0.806 bits per heavy atom. The van der Waals surface area contributed by atoms with E-state index in [0.29, 0.717) is 17.4 Å². The van der Waals surface area contributed by atoms with Crippen LogP contribution in [0.4, 0.5) is 0 Å². The monoisotopic (exact) mass is 968 g/mol. The van der Waals surface area contributed by atoms with Crippen LogP contribution in [0.3, 0.4) is 0 Å². The third-order valence-electron chi connectivity index (χ3n) is 13.4. The zero-order chi connectivity index (χ0) is 49.2. The molecule has 9 heteroatoms. The second-order valence-corrected chi connectivity index (χ2v) is 22.8. The molecule has 0 heterocycles. The van der Waals surface area contributed by atoms with E-state index in [9.17, 15) is 19.4 Å². The van der Waals surface area contributed by atoms with Gasteiger partial charge in [0.15, 0.2) is 0 Å². The molecular weight excluding hydrogens is 852 g/mol. The first-order valence-electron chi connectivity index (χ1n) is 29.2. The summed E-state index contributed by atoms with van der Waals surface area (Å²) in [5.41, 5.74) is 0. The van der Waals surface area contributed by atoms with Crippen molar-refractivity contribution in [2.45, 2.75) is 302 Å². The molecule has 0 aromatic heterocycles. The maximum absolute atomic E-state index is 12.9. The van der Waals surface area contributed by atoms with Crippen LogP contribution in [-0.4, -0.2) is 73.4 Å². The molecule has 0 saturated carbocycles. The number of rotatable bonds is 54. The lowest BCUT2D eigenvalue weighted by Crippen LogP contribution is -2.45. The van der Waals surface area contributed by atoms with E-state index < -0.39 is 20.0 Å². The van der Waals surface area contributed by atoms with Crippen LogP contribution in [0.15, 0.2) is 24.3 Å². The number of carbonyl (C=O) groups excluding carboxylic acids is 1. The van der Waals surface area contributed by atoms with Gasteiger partial charge in [-0.25, -0.2) is 4.57 Å². The molecule has 0 aromatic carbocycles. The third-order valence-corrected chi connectivity index (χ3v) is 14.4. The first kappa shape index (κ1) is 66.0. The average molecular weight is 969 g/mol. The Bertz CT molecular complexity index is 1140. The van der Waals surface area contributed by atoms with Crippen LogP contribution in [0.2, 0.25) is 0 Å². The van der Waals surface area contributed by atoms with Crippen LogP contribution in [0, 0.1) is 0 Å². The molecule has 3 N–H and O–H groups in total. The molecule has 3 atom stereocenters. The maximum Gasteiger partial charge on any atom is 0.472 e. The summed E-state index contributed by atoms with van der Waals surface area (Å²) in [4.78, 5) is 23.2. The fourth-order valence-corrected chi connectivity index (χ4v) is 9.54. The van der Waals surface area contributed by atoms with Crippen LogP contribution < -0.4 is 5.32 Å². The van der Waals surface area contributed by atoms with Gasteiger partial charge in [-0.15, -0.1) is 0 Å². The SMILES string of the molecule is CCCCCC/C=C\CCCCCCCC(=O)NC(COP(=O)(O)OCC[N+](C)(C)C)C(O)/C=C/CCCCCCCCCCCCCCCCCCCCCCCCCCCCCCCC. The second kappa shape index (κ2) is 49.9. The van der Waals surface area contributed by atoms with Gasteiger partial charge in [-0.2, -0.15) is 0 Å². The van der Waals surface area contributed by atoms with Crippen LogP contribution in [0.5, 0.6) is 0 Å². The van der Waals surface area contributed by atoms with Crippen LogP contribution in [0.1, 0.15) is 290 Å². The Labute approximate surface area is 417 Å². The minimum absolute atomic E-state index is 0.0613. The second-order valence-electron chi connectivity index (χ2n) is 21.4. The number of unbranched alkanes of at least 4 members (excludes halogenated alkanes) is 39. The molecule has 67 heavy (non-hydrogen) atoms. The van der Waals surface area contributed by atoms with E-state index in [1.165, 1.54) is 218 Å². The topological polar surface area (TPSA) is 105 Å². The standard InChI is InChI=1S/C58H115N2O6P/c1-6-8-10-12-14-16-18-20-21-22-23-24-25-26-27-28-29-30-31-32-33-34-35-36-37-38-40-41-43-45-47-49-51-57(61)56(55-66-67(63,64)65-54-53-60(3,4)5)59-58(62)52-50-48-46-44-42-39-19-17-15-13-11-9-7-2/h17,19,49,51,56-57,61H,6-16,18,20-48,50,52-55H2,1-5H3,(H-,59,62,63,64)/p+1/b19-17-,51-49+. The number of nitrogens with one attached hydrogen (secondary N) is 1. The van der Waals surface area contributed by atoms with Crippen LogP contribution in [0.25, 0.3) is 0 Å². The Hall–Kier alpha value is -1.02. The van der Waals surface area contributed by atoms with Gasteiger partial charge in [0.25, 0.3) is 0 Å². The average Bonchev–Trinajstić information content (AvgIpc) is 3.29. The summed E-state index contributed by atoms with van der Waals surface area (Å²) in [7, 11) is 1.58. The molecule has 0 aromatic rings. The fourth-order valence-electron chi connectivity index (χ4n) is 8.80. The van der Waals surface area contributed by atoms with Gasteiger partial charge < -0.3 is 19.8 Å². The molecular formula is C58H116N2O6P+. The predicted molar refractivity (Wildman–Crippen MR) is 291 cm³/mol. The van der Waals surface area contributed by atoms with Gasteiger partial charge in [0, 0.05) is 6.42 Å². The van der Waals surface area contributed by atoms with E-state index in [-0.39, 0.29) is 19.1 Å². The third kappa shape index (κ3) is 52.6. The smallest absolute Gasteiger partial charge is 0.387 e. The lowest BCUT2D eigenvalue weighted by molar-refractivity contribution is -0.870. The molecule has 0 aliphatic heterocycles. The zero-order valence-electron chi connectivity index (χ0n) is 45.4. The van der Waals surface area contributed by atoms with Crippen molar-refractivity contribution < 1.29 is 32.9 Å². The van der Waals surface area contributed by atoms with Gasteiger partial charge >= 0.3 is 7.82 Å². The first-order chi connectivity index (χ1) is 32.5. The summed E-state index contributed by atoms with van der Waals surface area (Å²) in [6.07, 6.45) is 63.0. The summed E-state index contributed by atoms with van der Waals surface area (Å²) in [5, 5.41) is 13.9. The van der Waals surface area contributed by atoms with Gasteiger partial charge in [-0.1, -0.05) is 263 Å². The quantitative estimate of drug-likeness (QED) is 0.0243. The Kier molecular flexibility index (Phi) is 49.2. The highest BCUT2D eigenvalue weighted by molar-refractivity contribution is 7.47. The lowest BCUT2D eigenvalue weighted by atomic mass is 10.0. The van der Waals surface area contributed by atoms with E-state index in [2.05, 4.69) is 31.3 Å². The van der Waals surface area contributed by atoms with Crippen molar-refractivity contribution in [3.05, 3.63) is 24.3 Å². The lowest BCUT2D eigenvalue weighted by Gasteiger charge is -2.25. The number of hydrogen-bond donors (Lipinski definition) is 3. The van der Waals surface area contributed by atoms with Crippen LogP contribution >= 0.6 is 7.82 Å². The van der Waals surface area contributed by atoms with Crippen LogP contribution in [-0.2, 0) is 18.4 Å².